The molecule has 5 nitrogen and oxygen atoms in total. The van der Waals surface area contributed by atoms with Gasteiger partial charge in [0.15, 0.2) is 5.69 Å². The van der Waals surface area contributed by atoms with Crippen molar-refractivity contribution in [2.45, 2.75) is 26.2 Å². The zero-order valence-corrected chi connectivity index (χ0v) is 10.9. The summed E-state index contributed by atoms with van der Waals surface area (Å²) < 4.78 is 4.66. The van der Waals surface area contributed by atoms with Crippen LogP contribution in [0.15, 0.2) is 12.4 Å². The Hall–Kier alpha value is -1.65. The van der Waals surface area contributed by atoms with Gasteiger partial charge in [-0.25, -0.2) is 9.78 Å². The summed E-state index contributed by atoms with van der Waals surface area (Å²) in [4.78, 5) is 22.0. The molecule has 18 heavy (non-hydrogen) atoms. The largest absolute Gasteiger partial charge is 0.464 e. The van der Waals surface area contributed by atoms with Crippen molar-refractivity contribution in [3.05, 3.63) is 18.1 Å². The lowest BCUT2D eigenvalue weighted by Crippen LogP contribution is -2.36. The van der Waals surface area contributed by atoms with Gasteiger partial charge in [-0.2, -0.15) is 0 Å². The maximum atomic E-state index is 11.4. The second kappa shape index (κ2) is 5.80. The van der Waals surface area contributed by atoms with Crippen LogP contribution in [0.1, 0.15) is 36.7 Å². The summed E-state index contributed by atoms with van der Waals surface area (Å²) in [5.41, 5.74) is 0.272. The van der Waals surface area contributed by atoms with E-state index in [1.54, 1.807) is 6.20 Å². The van der Waals surface area contributed by atoms with E-state index in [0.29, 0.717) is 5.92 Å². The summed E-state index contributed by atoms with van der Waals surface area (Å²) in [6.07, 6.45) is 6.78. The lowest BCUT2D eigenvalue weighted by Gasteiger charge is -2.32. The van der Waals surface area contributed by atoms with Crippen molar-refractivity contribution in [1.29, 1.82) is 0 Å². The van der Waals surface area contributed by atoms with Crippen LogP contribution in [0.4, 0.5) is 5.82 Å². The van der Waals surface area contributed by atoms with E-state index in [1.165, 1.54) is 32.6 Å². The Bertz CT molecular complexity index is 422. The van der Waals surface area contributed by atoms with Gasteiger partial charge in [0.2, 0.25) is 0 Å². The van der Waals surface area contributed by atoms with Crippen molar-refractivity contribution in [2.75, 3.05) is 25.1 Å². The zero-order chi connectivity index (χ0) is 13.0. The molecule has 1 unspecified atom stereocenters. The highest BCUT2D eigenvalue weighted by Crippen LogP contribution is 2.23. The van der Waals surface area contributed by atoms with Crippen molar-refractivity contribution in [3.63, 3.8) is 0 Å². The van der Waals surface area contributed by atoms with Crippen LogP contribution in [-0.2, 0) is 4.74 Å². The lowest BCUT2D eigenvalue weighted by atomic mass is 9.96. The van der Waals surface area contributed by atoms with Gasteiger partial charge >= 0.3 is 5.97 Å². The molecule has 0 spiro atoms. The second-order valence-electron chi connectivity index (χ2n) is 4.62. The Labute approximate surface area is 107 Å². The summed E-state index contributed by atoms with van der Waals surface area (Å²) in [5, 5.41) is 0. The van der Waals surface area contributed by atoms with Crippen LogP contribution < -0.4 is 4.90 Å². The average molecular weight is 249 g/mol. The highest BCUT2D eigenvalue weighted by molar-refractivity contribution is 5.87. The second-order valence-corrected chi connectivity index (χ2v) is 4.62. The van der Waals surface area contributed by atoms with Crippen molar-refractivity contribution < 1.29 is 9.53 Å². The van der Waals surface area contributed by atoms with E-state index < -0.39 is 5.97 Å². The minimum atomic E-state index is -0.437. The molecule has 1 atom stereocenters. The van der Waals surface area contributed by atoms with E-state index in [4.69, 9.17) is 0 Å². The molecule has 2 heterocycles. The number of rotatable bonds is 3. The third-order valence-electron chi connectivity index (χ3n) is 3.44. The first kappa shape index (κ1) is 12.8. The van der Waals surface area contributed by atoms with E-state index >= 15 is 0 Å². The number of hydrogen-bond acceptors (Lipinski definition) is 5. The number of carbonyl (C=O) groups excluding carboxylic acids is 1. The van der Waals surface area contributed by atoms with E-state index in [0.717, 1.165) is 18.9 Å². The molecule has 0 saturated carbocycles. The van der Waals surface area contributed by atoms with Gasteiger partial charge < -0.3 is 9.64 Å². The number of carbonyl (C=O) groups is 1. The predicted molar refractivity (Wildman–Crippen MR) is 68.6 cm³/mol. The Balaban J connectivity index is 2.15. The third kappa shape index (κ3) is 2.78. The molecule has 2 rings (SSSR count). The molecule has 0 bridgehead atoms. The van der Waals surface area contributed by atoms with Gasteiger partial charge in [0.25, 0.3) is 0 Å². The van der Waals surface area contributed by atoms with Crippen LogP contribution in [0.2, 0.25) is 0 Å². The van der Waals surface area contributed by atoms with Gasteiger partial charge in [-0.1, -0.05) is 13.3 Å². The molecule has 0 aliphatic carbocycles. The first-order valence-corrected chi connectivity index (χ1v) is 6.40. The van der Waals surface area contributed by atoms with E-state index in [2.05, 4.69) is 26.5 Å². The fraction of sp³-hybridized carbons (Fsp3) is 0.615. The molecule has 0 amide bonds. The van der Waals surface area contributed by atoms with Crippen LogP contribution >= 0.6 is 0 Å². The van der Waals surface area contributed by atoms with Crippen molar-refractivity contribution in [1.82, 2.24) is 9.97 Å². The Kier molecular flexibility index (Phi) is 4.12. The molecule has 1 aromatic heterocycles. The molecule has 1 aromatic rings. The number of methoxy groups -OCH3 is 1. The van der Waals surface area contributed by atoms with E-state index in [-0.39, 0.29) is 5.69 Å². The SMILES string of the molecule is CCC1CCCN(c2cncc(C(=O)OC)n2)C1. The van der Waals surface area contributed by atoms with Crippen LogP contribution in [0.25, 0.3) is 0 Å². The van der Waals surface area contributed by atoms with E-state index in [1.807, 2.05) is 0 Å². The molecule has 1 aliphatic rings. The van der Waals surface area contributed by atoms with E-state index in [9.17, 15) is 4.79 Å². The molecule has 0 aromatic carbocycles. The third-order valence-corrected chi connectivity index (χ3v) is 3.44. The van der Waals surface area contributed by atoms with Gasteiger partial charge in [0.1, 0.15) is 5.82 Å². The average Bonchev–Trinajstić information content (AvgIpc) is 2.46. The number of anilines is 1. The van der Waals surface area contributed by atoms with Gasteiger partial charge in [-0.3, -0.25) is 4.98 Å². The van der Waals surface area contributed by atoms with Gasteiger partial charge in [-0.05, 0) is 18.8 Å². The molecular formula is C13H19N3O2. The molecule has 1 saturated heterocycles. The first-order chi connectivity index (χ1) is 8.74. The standard InChI is InChI=1S/C13H19N3O2/c1-3-10-5-4-6-16(9-10)12-8-14-7-11(15-12)13(17)18-2/h7-8,10H,3-6,9H2,1-2H3. The molecular weight excluding hydrogens is 230 g/mol. The summed E-state index contributed by atoms with van der Waals surface area (Å²) in [7, 11) is 1.35. The van der Waals surface area contributed by atoms with Gasteiger partial charge in [-0.15, -0.1) is 0 Å². The van der Waals surface area contributed by atoms with Crippen molar-refractivity contribution in [3.8, 4) is 0 Å². The number of ether oxygens (including phenoxy) is 1. The monoisotopic (exact) mass is 249 g/mol. The van der Waals surface area contributed by atoms with Crippen LogP contribution in [0.5, 0.6) is 0 Å². The van der Waals surface area contributed by atoms with Gasteiger partial charge in [0, 0.05) is 13.1 Å². The Morgan fingerprint density at radius 3 is 3.11 bits per heavy atom. The van der Waals surface area contributed by atoms with Crippen LogP contribution in [0.3, 0.4) is 0 Å². The molecule has 1 fully saturated rings. The van der Waals surface area contributed by atoms with Gasteiger partial charge in [0.05, 0.1) is 19.5 Å². The fourth-order valence-electron chi connectivity index (χ4n) is 2.32. The van der Waals surface area contributed by atoms with Crippen LogP contribution in [0, 0.1) is 5.92 Å². The van der Waals surface area contributed by atoms with Crippen molar-refractivity contribution >= 4 is 11.8 Å². The maximum Gasteiger partial charge on any atom is 0.358 e. The summed E-state index contributed by atoms with van der Waals surface area (Å²) in [6, 6.07) is 0. The lowest BCUT2D eigenvalue weighted by molar-refractivity contribution is 0.0593. The molecule has 0 N–H and O–H groups in total. The number of esters is 1. The maximum absolute atomic E-state index is 11.4. The fourth-order valence-corrected chi connectivity index (χ4v) is 2.32. The van der Waals surface area contributed by atoms with Crippen molar-refractivity contribution in [2.24, 2.45) is 5.92 Å². The topological polar surface area (TPSA) is 55.3 Å². The summed E-state index contributed by atoms with van der Waals surface area (Å²) in [5.74, 6) is 1.05. The zero-order valence-electron chi connectivity index (χ0n) is 10.9. The molecule has 1 aliphatic heterocycles. The summed E-state index contributed by atoms with van der Waals surface area (Å²) >= 11 is 0. The quantitative estimate of drug-likeness (QED) is 0.766. The molecule has 98 valence electrons. The van der Waals surface area contributed by atoms with Crippen LogP contribution in [-0.4, -0.2) is 36.1 Å². The minimum Gasteiger partial charge on any atom is -0.464 e. The highest BCUT2D eigenvalue weighted by Gasteiger charge is 2.20. The summed E-state index contributed by atoms with van der Waals surface area (Å²) in [6.45, 7) is 4.19. The first-order valence-electron chi connectivity index (χ1n) is 6.40. The molecule has 5 heteroatoms. The number of nitrogens with zero attached hydrogens (tertiary/aromatic N) is 3. The minimum absolute atomic E-state index is 0.272. The number of aromatic nitrogens is 2. The Morgan fingerprint density at radius 1 is 1.56 bits per heavy atom. The number of piperidine rings is 1. The number of hydrogen-bond donors (Lipinski definition) is 0. The normalized spacial score (nSPS) is 19.7. The predicted octanol–water partition coefficient (Wildman–Crippen LogP) is 1.89. The molecule has 0 radical (unpaired) electrons. The highest BCUT2D eigenvalue weighted by atomic mass is 16.5. The Morgan fingerprint density at radius 2 is 2.39 bits per heavy atom. The smallest absolute Gasteiger partial charge is 0.358 e.